The monoisotopic (exact) mass is 275 g/mol. The van der Waals surface area contributed by atoms with Gasteiger partial charge in [0, 0.05) is 3.57 Å². The Morgan fingerprint density at radius 3 is 2.83 bits per heavy atom. The number of nitriles is 1. The number of nitrogens with zero attached hydrogens (tertiary/aromatic N) is 1. The van der Waals surface area contributed by atoms with Crippen molar-refractivity contribution in [2.75, 3.05) is 0 Å². The van der Waals surface area contributed by atoms with Crippen LogP contribution in [-0.4, -0.2) is 0 Å². The van der Waals surface area contributed by atoms with E-state index in [-0.39, 0.29) is 5.82 Å². The van der Waals surface area contributed by atoms with Gasteiger partial charge in [-0.3, -0.25) is 0 Å². The minimum Gasteiger partial charge on any atom is -0.206 e. The summed E-state index contributed by atoms with van der Waals surface area (Å²) >= 11 is 1.92. The second-order valence-corrected chi connectivity index (χ2v) is 3.69. The van der Waals surface area contributed by atoms with Gasteiger partial charge in [0.25, 0.3) is 0 Å². The summed E-state index contributed by atoms with van der Waals surface area (Å²) in [5, 5.41) is 8.46. The van der Waals surface area contributed by atoms with Gasteiger partial charge in [0.05, 0.1) is 12.5 Å². The third kappa shape index (κ3) is 1.95. The Morgan fingerprint density at radius 1 is 1.58 bits per heavy atom. The molecule has 1 aromatic rings. The number of hydrogen-bond acceptors (Lipinski definition) is 1. The molecule has 0 spiro atoms. The molecule has 0 aromatic heterocycles. The van der Waals surface area contributed by atoms with Gasteiger partial charge in [0.1, 0.15) is 5.82 Å². The van der Waals surface area contributed by atoms with Crippen molar-refractivity contribution in [3.05, 3.63) is 32.6 Å². The summed E-state index contributed by atoms with van der Waals surface area (Å²) in [7, 11) is 0. The van der Waals surface area contributed by atoms with E-state index in [1.165, 1.54) is 6.07 Å². The van der Waals surface area contributed by atoms with Gasteiger partial charge in [0.15, 0.2) is 0 Å². The van der Waals surface area contributed by atoms with Crippen LogP contribution in [0.25, 0.3) is 0 Å². The Balaban J connectivity index is 3.16. The molecule has 0 saturated heterocycles. The first-order valence-corrected chi connectivity index (χ1v) is 4.54. The number of rotatable bonds is 1. The average Bonchev–Trinajstić information content (AvgIpc) is 2.01. The van der Waals surface area contributed by atoms with Gasteiger partial charge in [-0.1, -0.05) is 0 Å². The van der Waals surface area contributed by atoms with Crippen molar-refractivity contribution in [3.63, 3.8) is 0 Å². The van der Waals surface area contributed by atoms with Crippen molar-refractivity contribution in [2.45, 2.75) is 13.3 Å². The Hall–Kier alpha value is -0.630. The van der Waals surface area contributed by atoms with E-state index in [1.54, 1.807) is 6.07 Å². The summed E-state index contributed by atoms with van der Waals surface area (Å²) in [5.41, 5.74) is 1.75. The van der Waals surface area contributed by atoms with Crippen LogP contribution in [0.5, 0.6) is 0 Å². The molecule has 12 heavy (non-hydrogen) atoms. The van der Waals surface area contributed by atoms with Gasteiger partial charge in [-0.05, 0) is 52.8 Å². The average molecular weight is 275 g/mol. The SMILES string of the molecule is Cc1cc(F)c(I)cc1CC#N. The number of aryl methyl sites for hydroxylation is 1. The minimum atomic E-state index is -0.213. The Morgan fingerprint density at radius 2 is 2.25 bits per heavy atom. The van der Waals surface area contributed by atoms with Gasteiger partial charge < -0.3 is 0 Å². The van der Waals surface area contributed by atoms with Crippen LogP contribution in [0.15, 0.2) is 12.1 Å². The zero-order chi connectivity index (χ0) is 9.14. The molecule has 0 aliphatic carbocycles. The quantitative estimate of drug-likeness (QED) is 0.723. The van der Waals surface area contributed by atoms with E-state index < -0.39 is 0 Å². The third-order valence-corrected chi connectivity index (χ3v) is 2.48. The summed E-state index contributed by atoms with van der Waals surface area (Å²) in [6.07, 6.45) is 0.349. The fourth-order valence-electron chi connectivity index (χ4n) is 0.963. The molecule has 0 saturated carbocycles. The molecule has 0 heterocycles. The van der Waals surface area contributed by atoms with Gasteiger partial charge in [-0.15, -0.1) is 0 Å². The van der Waals surface area contributed by atoms with E-state index in [2.05, 4.69) is 0 Å². The van der Waals surface area contributed by atoms with Crippen molar-refractivity contribution in [2.24, 2.45) is 0 Å². The maximum atomic E-state index is 12.9. The normalized spacial score (nSPS) is 9.50. The Kier molecular flexibility index (Phi) is 3.04. The molecular weight excluding hydrogens is 268 g/mol. The standard InChI is InChI=1S/C9H7FIN/c1-6-4-8(10)9(11)5-7(6)2-3-12/h4-5H,2H2,1H3. The van der Waals surface area contributed by atoms with Crippen LogP contribution >= 0.6 is 22.6 Å². The number of hydrogen-bond donors (Lipinski definition) is 0. The summed E-state index contributed by atoms with van der Waals surface area (Å²) in [5.74, 6) is -0.213. The zero-order valence-corrected chi connectivity index (χ0v) is 8.72. The highest BCUT2D eigenvalue weighted by atomic mass is 127. The maximum Gasteiger partial charge on any atom is 0.136 e. The maximum absolute atomic E-state index is 12.9. The second-order valence-electron chi connectivity index (χ2n) is 2.53. The van der Waals surface area contributed by atoms with E-state index >= 15 is 0 Å². The molecule has 0 bridgehead atoms. The molecule has 0 aliphatic rings. The summed E-state index contributed by atoms with van der Waals surface area (Å²) in [6, 6.07) is 5.23. The lowest BCUT2D eigenvalue weighted by Gasteiger charge is -2.02. The van der Waals surface area contributed by atoms with Crippen molar-refractivity contribution >= 4 is 22.6 Å². The van der Waals surface area contributed by atoms with Gasteiger partial charge in [-0.25, -0.2) is 4.39 Å². The first-order chi connectivity index (χ1) is 5.65. The molecule has 0 N–H and O–H groups in total. The lowest BCUT2D eigenvalue weighted by atomic mass is 10.1. The van der Waals surface area contributed by atoms with E-state index in [1.807, 2.05) is 35.6 Å². The molecule has 1 aromatic carbocycles. The number of benzene rings is 1. The topological polar surface area (TPSA) is 23.8 Å². The molecule has 62 valence electrons. The predicted octanol–water partition coefficient (Wildman–Crippen LogP) is 2.80. The first-order valence-electron chi connectivity index (χ1n) is 3.46. The fourth-order valence-corrected chi connectivity index (χ4v) is 1.49. The molecular formula is C9H7FIN. The highest BCUT2D eigenvalue weighted by Crippen LogP contribution is 2.17. The largest absolute Gasteiger partial charge is 0.206 e. The highest BCUT2D eigenvalue weighted by molar-refractivity contribution is 14.1. The summed E-state index contributed by atoms with van der Waals surface area (Å²) in [6.45, 7) is 1.81. The smallest absolute Gasteiger partial charge is 0.136 e. The second kappa shape index (κ2) is 3.85. The van der Waals surface area contributed by atoms with E-state index in [9.17, 15) is 4.39 Å². The minimum absolute atomic E-state index is 0.213. The van der Waals surface area contributed by atoms with Crippen molar-refractivity contribution in [3.8, 4) is 6.07 Å². The summed E-state index contributed by atoms with van der Waals surface area (Å²) < 4.78 is 13.5. The van der Waals surface area contributed by atoms with E-state index in [0.29, 0.717) is 9.99 Å². The predicted molar refractivity (Wildman–Crippen MR) is 53.2 cm³/mol. The van der Waals surface area contributed by atoms with Crippen LogP contribution in [0, 0.1) is 27.6 Å². The van der Waals surface area contributed by atoms with Gasteiger partial charge in [-0.2, -0.15) is 5.26 Å². The molecule has 0 aliphatic heterocycles. The Labute approximate surface area is 84.3 Å². The number of halogens is 2. The van der Waals surface area contributed by atoms with Crippen LogP contribution in [0.4, 0.5) is 4.39 Å². The van der Waals surface area contributed by atoms with Crippen LogP contribution < -0.4 is 0 Å². The lowest BCUT2D eigenvalue weighted by molar-refractivity contribution is 0.618. The van der Waals surface area contributed by atoms with Crippen LogP contribution in [0.1, 0.15) is 11.1 Å². The molecule has 1 nitrogen and oxygen atoms in total. The third-order valence-electron chi connectivity index (χ3n) is 1.65. The van der Waals surface area contributed by atoms with Crippen LogP contribution in [0.2, 0.25) is 0 Å². The van der Waals surface area contributed by atoms with Gasteiger partial charge >= 0.3 is 0 Å². The molecule has 0 radical (unpaired) electrons. The highest BCUT2D eigenvalue weighted by Gasteiger charge is 2.03. The van der Waals surface area contributed by atoms with Crippen LogP contribution in [0.3, 0.4) is 0 Å². The van der Waals surface area contributed by atoms with Gasteiger partial charge in [0.2, 0.25) is 0 Å². The molecule has 3 heteroatoms. The van der Waals surface area contributed by atoms with E-state index in [4.69, 9.17) is 5.26 Å². The molecule has 0 unspecified atom stereocenters. The molecule has 0 amide bonds. The lowest BCUT2D eigenvalue weighted by Crippen LogP contribution is -1.91. The van der Waals surface area contributed by atoms with Crippen LogP contribution in [-0.2, 0) is 6.42 Å². The zero-order valence-electron chi connectivity index (χ0n) is 6.56. The van der Waals surface area contributed by atoms with Crippen molar-refractivity contribution in [1.82, 2.24) is 0 Å². The molecule has 1 rings (SSSR count). The van der Waals surface area contributed by atoms with Crippen molar-refractivity contribution in [1.29, 1.82) is 5.26 Å². The first kappa shape index (κ1) is 9.46. The molecule has 0 atom stereocenters. The van der Waals surface area contributed by atoms with Crippen molar-refractivity contribution < 1.29 is 4.39 Å². The fraction of sp³-hybridized carbons (Fsp3) is 0.222. The summed E-state index contributed by atoms with van der Waals surface area (Å²) in [4.78, 5) is 0. The van der Waals surface area contributed by atoms with E-state index in [0.717, 1.165) is 11.1 Å². The Bertz CT molecular complexity index is 341. The molecule has 0 fully saturated rings.